The zero-order chi connectivity index (χ0) is 10.8. The minimum Gasteiger partial charge on any atom is -0.343 e. The van der Waals surface area contributed by atoms with Gasteiger partial charge in [0.2, 0.25) is 5.91 Å². The van der Waals surface area contributed by atoms with Crippen molar-refractivity contribution in [3.63, 3.8) is 0 Å². The van der Waals surface area contributed by atoms with Crippen LogP contribution in [0, 0.1) is 0 Å². The van der Waals surface area contributed by atoms with E-state index in [4.69, 9.17) is 0 Å². The van der Waals surface area contributed by atoms with Crippen LogP contribution in [0.15, 0.2) is 15.9 Å². The lowest BCUT2D eigenvalue weighted by Crippen LogP contribution is -2.47. The number of likely N-dealkylation sites (N-methyl/N-ethyl adjacent to an activating group) is 1. The van der Waals surface area contributed by atoms with E-state index in [1.54, 1.807) is 16.2 Å². The average Bonchev–Trinajstić information content (AvgIpc) is 2.59. The molecule has 1 aliphatic heterocycles. The second-order valence-electron chi connectivity index (χ2n) is 3.72. The summed E-state index contributed by atoms with van der Waals surface area (Å²) >= 11 is 5.24. The highest BCUT2D eigenvalue weighted by Gasteiger charge is 2.21. The normalized spacial score (nSPS) is 18.5. The van der Waals surface area contributed by atoms with E-state index < -0.39 is 0 Å². The van der Waals surface area contributed by atoms with Crippen molar-refractivity contribution in [1.82, 2.24) is 9.80 Å². The van der Waals surface area contributed by atoms with Gasteiger partial charge in [0.1, 0.15) is 0 Å². The fourth-order valence-electron chi connectivity index (χ4n) is 1.58. The predicted octanol–water partition coefficient (Wildman–Crippen LogP) is 1.78. The molecule has 1 aromatic heterocycles. The number of rotatable bonds is 2. The van der Waals surface area contributed by atoms with E-state index in [1.165, 1.54) is 4.88 Å². The minimum absolute atomic E-state index is 0.217. The van der Waals surface area contributed by atoms with Crippen LogP contribution >= 0.6 is 27.3 Å². The fraction of sp³-hybridized carbons (Fsp3) is 0.500. The number of carbonyl (C=O) groups excluding carboxylic acids is 1. The Morgan fingerprint density at radius 3 is 2.93 bits per heavy atom. The fourth-order valence-corrected chi connectivity index (χ4v) is 3.10. The number of hydrogen-bond acceptors (Lipinski definition) is 3. The van der Waals surface area contributed by atoms with Crippen molar-refractivity contribution in [3.8, 4) is 0 Å². The van der Waals surface area contributed by atoms with Crippen LogP contribution in [-0.4, -0.2) is 42.4 Å². The first-order valence-electron chi connectivity index (χ1n) is 4.85. The second kappa shape index (κ2) is 4.63. The van der Waals surface area contributed by atoms with Gasteiger partial charge in [0.05, 0.1) is 6.54 Å². The Labute approximate surface area is 102 Å². The molecule has 0 N–H and O–H groups in total. The van der Waals surface area contributed by atoms with E-state index in [0.717, 1.165) is 24.1 Å². The van der Waals surface area contributed by atoms with E-state index in [0.29, 0.717) is 6.54 Å². The van der Waals surface area contributed by atoms with Crippen molar-refractivity contribution in [2.75, 3.05) is 26.7 Å². The molecular formula is C10H13BrN2OS. The number of nitrogens with zero attached hydrogens (tertiary/aromatic N) is 2. The van der Waals surface area contributed by atoms with Gasteiger partial charge in [-0.3, -0.25) is 9.69 Å². The molecule has 0 aromatic carbocycles. The molecule has 1 aliphatic rings. The maximum Gasteiger partial charge on any atom is 0.236 e. The molecule has 1 saturated heterocycles. The number of piperazine rings is 1. The number of carbonyl (C=O) groups is 1. The molecule has 2 heterocycles. The standard InChI is InChI=1S/C10H13BrN2OS/c1-12-3-4-13(7-10(12)14)6-9-8(11)2-5-15-9/h2,5H,3-4,6-7H2,1H3. The summed E-state index contributed by atoms with van der Waals surface area (Å²) in [6.45, 7) is 3.22. The molecule has 82 valence electrons. The highest BCUT2D eigenvalue weighted by molar-refractivity contribution is 9.10. The third kappa shape index (κ3) is 2.59. The first kappa shape index (κ1) is 11.1. The molecule has 0 aliphatic carbocycles. The van der Waals surface area contributed by atoms with Crippen molar-refractivity contribution >= 4 is 33.2 Å². The summed E-state index contributed by atoms with van der Waals surface area (Å²) in [7, 11) is 1.86. The molecule has 0 radical (unpaired) electrons. The Bertz CT molecular complexity index is 366. The van der Waals surface area contributed by atoms with Crippen LogP contribution < -0.4 is 0 Å². The predicted molar refractivity (Wildman–Crippen MR) is 64.9 cm³/mol. The first-order chi connectivity index (χ1) is 7.16. The van der Waals surface area contributed by atoms with Gasteiger partial charge in [-0.1, -0.05) is 0 Å². The Balaban J connectivity index is 1.96. The van der Waals surface area contributed by atoms with Gasteiger partial charge in [-0.2, -0.15) is 0 Å². The number of amides is 1. The summed E-state index contributed by atoms with van der Waals surface area (Å²) < 4.78 is 1.15. The molecule has 0 saturated carbocycles. The van der Waals surface area contributed by atoms with Gasteiger partial charge in [0, 0.05) is 36.0 Å². The summed E-state index contributed by atoms with van der Waals surface area (Å²) in [6.07, 6.45) is 0. The van der Waals surface area contributed by atoms with Crippen LogP contribution in [0.1, 0.15) is 4.88 Å². The Hall–Kier alpha value is -0.390. The van der Waals surface area contributed by atoms with Crippen molar-refractivity contribution in [3.05, 3.63) is 20.8 Å². The van der Waals surface area contributed by atoms with Crippen LogP contribution in [-0.2, 0) is 11.3 Å². The zero-order valence-electron chi connectivity index (χ0n) is 8.57. The largest absolute Gasteiger partial charge is 0.343 e. The molecule has 2 rings (SSSR count). The summed E-state index contributed by atoms with van der Waals surface area (Å²) in [5.41, 5.74) is 0. The van der Waals surface area contributed by atoms with E-state index >= 15 is 0 Å². The zero-order valence-corrected chi connectivity index (χ0v) is 11.0. The summed E-state index contributed by atoms with van der Waals surface area (Å²) in [5, 5.41) is 2.07. The van der Waals surface area contributed by atoms with E-state index in [9.17, 15) is 4.79 Å². The van der Waals surface area contributed by atoms with Crippen LogP contribution in [0.2, 0.25) is 0 Å². The quantitative estimate of drug-likeness (QED) is 0.828. The van der Waals surface area contributed by atoms with Gasteiger partial charge in [0.15, 0.2) is 0 Å². The van der Waals surface area contributed by atoms with Gasteiger partial charge in [-0.15, -0.1) is 11.3 Å². The lowest BCUT2D eigenvalue weighted by molar-refractivity contribution is -0.134. The van der Waals surface area contributed by atoms with Crippen LogP contribution in [0.25, 0.3) is 0 Å². The number of thiophene rings is 1. The Morgan fingerprint density at radius 1 is 1.53 bits per heavy atom. The van der Waals surface area contributed by atoms with E-state index in [1.807, 2.05) is 7.05 Å². The molecule has 0 atom stereocenters. The SMILES string of the molecule is CN1CCN(Cc2sccc2Br)CC1=O. The molecule has 5 heteroatoms. The Morgan fingerprint density at radius 2 is 2.33 bits per heavy atom. The highest BCUT2D eigenvalue weighted by atomic mass is 79.9. The van der Waals surface area contributed by atoms with Gasteiger partial charge in [-0.05, 0) is 27.4 Å². The molecule has 3 nitrogen and oxygen atoms in total. The molecule has 1 amide bonds. The van der Waals surface area contributed by atoms with Gasteiger partial charge < -0.3 is 4.90 Å². The average molecular weight is 289 g/mol. The minimum atomic E-state index is 0.217. The molecule has 1 fully saturated rings. The van der Waals surface area contributed by atoms with Crippen LogP contribution in [0.3, 0.4) is 0 Å². The molecule has 1 aromatic rings. The highest BCUT2D eigenvalue weighted by Crippen LogP contribution is 2.24. The molecule has 0 bridgehead atoms. The van der Waals surface area contributed by atoms with E-state index in [2.05, 4.69) is 32.3 Å². The molecule has 0 unspecified atom stereocenters. The molecule has 15 heavy (non-hydrogen) atoms. The summed E-state index contributed by atoms with van der Waals surface area (Å²) in [6, 6.07) is 2.05. The van der Waals surface area contributed by atoms with Crippen molar-refractivity contribution < 1.29 is 4.79 Å². The van der Waals surface area contributed by atoms with Crippen LogP contribution in [0.4, 0.5) is 0 Å². The van der Waals surface area contributed by atoms with Gasteiger partial charge >= 0.3 is 0 Å². The number of halogens is 1. The van der Waals surface area contributed by atoms with E-state index in [-0.39, 0.29) is 5.91 Å². The van der Waals surface area contributed by atoms with Crippen molar-refractivity contribution in [1.29, 1.82) is 0 Å². The van der Waals surface area contributed by atoms with Gasteiger partial charge in [0.25, 0.3) is 0 Å². The third-order valence-electron chi connectivity index (χ3n) is 2.59. The maximum absolute atomic E-state index is 11.5. The van der Waals surface area contributed by atoms with Crippen LogP contribution in [0.5, 0.6) is 0 Å². The number of hydrogen-bond donors (Lipinski definition) is 0. The topological polar surface area (TPSA) is 23.6 Å². The first-order valence-corrected chi connectivity index (χ1v) is 6.52. The maximum atomic E-state index is 11.5. The molecule has 0 spiro atoms. The molecular weight excluding hydrogens is 276 g/mol. The second-order valence-corrected chi connectivity index (χ2v) is 5.57. The summed E-state index contributed by atoms with van der Waals surface area (Å²) in [4.78, 5) is 16.8. The van der Waals surface area contributed by atoms with Crippen molar-refractivity contribution in [2.45, 2.75) is 6.54 Å². The Kier molecular flexibility index (Phi) is 3.43. The lowest BCUT2D eigenvalue weighted by atomic mass is 10.3. The monoisotopic (exact) mass is 288 g/mol. The lowest BCUT2D eigenvalue weighted by Gasteiger charge is -2.31. The third-order valence-corrected chi connectivity index (χ3v) is 4.51. The van der Waals surface area contributed by atoms with Gasteiger partial charge in [-0.25, -0.2) is 0 Å². The van der Waals surface area contributed by atoms with Crippen molar-refractivity contribution in [2.24, 2.45) is 0 Å². The summed E-state index contributed by atoms with van der Waals surface area (Å²) in [5.74, 6) is 0.217. The smallest absolute Gasteiger partial charge is 0.236 e.